The van der Waals surface area contributed by atoms with Crippen LogP contribution in [0.5, 0.6) is 5.75 Å². The summed E-state index contributed by atoms with van der Waals surface area (Å²) in [7, 11) is 0. The van der Waals surface area contributed by atoms with Crippen LogP contribution in [-0.2, 0) is 20.9 Å². The van der Waals surface area contributed by atoms with Crippen molar-refractivity contribution in [3.05, 3.63) is 77.9 Å². The van der Waals surface area contributed by atoms with Crippen molar-refractivity contribution in [3.63, 3.8) is 0 Å². The van der Waals surface area contributed by atoms with Crippen LogP contribution < -0.4 is 4.74 Å². The van der Waals surface area contributed by atoms with Crippen LogP contribution in [0.1, 0.15) is 37.8 Å². The van der Waals surface area contributed by atoms with E-state index < -0.39 is 0 Å². The molecule has 0 amide bonds. The number of nitrogens with zero attached hydrogens (tertiary/aromatic N) is 2. The van der Waals surface area contributed by atoms with Crippen LogP contribution in [-0.4, -0.2) is 36.1 Å². The minimum absolute atomic E-state index is 0.101. The first-order valence-electron chi connectivity index (χ1n) is 12.2. The number of carbonyl (C=O) groups excluding carboxylic acids is 1. The lowest BCUT2D eigenvalue weighted by Gasteiger charge is -2.12. The molecule has 0 aliphatic carbocycles. The Morgan fingerprint density at radius 2 is 1.63 bits per heavy atom. The molecule has 0 radical (unpaired) electrons. The van der Waals surface area contributed by atoms with E-state index in [0.29, 0.717) is 25.5 Å². The normalized spacial score (nSPS) is 11.7. The summed E-state index contributed by atoms with van der Waals surface area (Å²) in [5.41, 5.74) is 5.22. The smallest absolute Gasteiger partial charge is 0.344 e. The maximum absolute atomic E-state index is 11.6. The van der Waals surface area contributed by atoms with Crippen LogP contribution in [0.25, 0.3) is 21.8 Å². The fourth-order valence-electron chi connectivity index (χ4n) is 4.31. The van der Waals surface area contributed by atoms with E-state index in [1.54, 1.807) is 6.92 Å². The number of hydrogen-bond acceptors (Lipinski definition) is 5. The maximum atomic E-state index is 11.6. The predicted molar refractivity (Wildman–Crippen MR) is 140 cm³/mol. The van der Waals surface area contributed by atoms with Gasteiger partial charge in [0, 0.05) is 21.8 Å². The van der Waals surface area contributed by atoms with Crippen molar-refractivity contribution < 1.29 is 19.1 Å². The molecule has 0 atom stereocenters. The summed E-state index contributed by atoms with van der Waals surface area (Å²) in [6.07, 6.45) is 1.76. The van der Waals surface area contributed by atoms with Crippen molar-refractivity contribution in [1.82, 2.24) is 4.57 Å². The van der Waals surface area contributed by atoms with Gasteiger partial charge in [0.1, 0.15) is 12.4 Å². The molecule has 0 unspecified atom stereocenters. The molecule has 0 N–H and O–H groups in total. The Balaban J connectivity index is 1.45. The molecule has 0 bridgehead atoms. The lowest BCUT2D eigenvalue weighted by molar-refractivity contribution is -0.145. The predicted octanol–water partition coefficient (Wildman–Crippen LogP) is 6.27. The molecule has 35 heavy (non-hydrogen) atoms. The molecule has 6 nitrogen and oxygen atoms in total. The SMILES string of the molecule is CCC/C(=N\OCCn1c2ccccc2c2ccccc21)c1ccc(OCC(=O)OCC)c(C)c1. The van der Waals surface area contributed by atoms with Gasteiger partial charge in [0.15, 0.2) is 6.61 Å². The molecule has 4 rings (SSSR count). The highest BCUT2D eigenvalue weighted by molar-refractivity contribution is 6.08. The minimum atomic E-state index is -0.374. The first kappa shape index (κ1) is 24.3. The van der Waals surface area contributed by atoms with Crippen molar-refractivity contribution in [2.45, 2.75) is 40.2 Å². The molecule has 0 fully saturated rings. The van der Waals surface area contributed by atoms with E-state index in [0.717, 1.165) is 29.7 Å². The Hall–Kier alpha value is -3.80. The summed E-state index contributed by atoms with van der Waals surface area (Å²) >= 11 is 0. The van der Waals surface area contributed by atoms with Crippen LogP contribution >= 0.6 is 0 Å². The summed E-state index contributed by atoms with van der Waals surface area (Å²) in [4.78, 5) is 17.4. The fraction of sp³-hybridized carbons (Fsp3) is 0.310. The zero-order chi connectivity index (χ0) is 24.6. The van der Waals surface area contributed by atoms with Gasteiger partial charge >= 0.3 is 5.97 Å². The third kappa shape index (κ3) is 5.65. The van der Waals surface area contributed by atoms with E-state index in [-0.39, 0.29) is 12.6 Å². The molecule has 0 saturated heterocycles. The van der Waals surface area contributed by atoms with E-state index in [4.69, 9.17) is 14.3 Å². The van der Waals surface area contributed by atoms with E-state index in [2.05, 4.69) is 65.2 Å². The average molecular weight is 473 g/mol. The van der Waals surface area contributed by atoms with E-state index in [1.807, 2.05) is 25.1 Å². The van der Waals surface area contributed by atoms with Gasteiger partial charge in [0.2, 0.25) is 0 Å². The molecule has 0 saturated carbocycles. The van der Waals surface area contributed by atoms with Crippen molar-refractivity contribution in [2.24, 2.45) is 5.16 Å². The summed E-state index contributed by atoms with van der Waals surface area (Å²) in [6.45, 7) is 7.27. The summed E-state index contributed by atoms with van der Waals surface area (Å²) in [6, 6.07) is 22.8. The Morgan fingerprint density at radius 3 is 2.26 bits per heavy atom. The molecule has 4 aromatic rings. The summed E-state index contributed by atoms with van der Waals surface area (Å²) in [5.74, 6) is 0.283. The van der Waals surface area contributed by atoms with Gasteiger partial charge in [0.25, 0.3) is 0 Å². The minimum Gasteiger partial charge on any atom is -0.482 e. The zero-order valence-electron chi connectivity index (χ0n) is 20.6. The average Bonchev–Trinajstić information content (AvgIpc) is 3.19. The second-order valence-corrected chi connectivity index (χ2v) is 8.38. The van der Waals surface area contributed by atoms with Gasteiger partial charge in [-0.2, -0.15) is 0 Å². The largest absolute Gasteiger partial charge is 0.482 e. The molecule has 0 aliphatic rings. The van der Waals surface area contributed by atoms with Gasteiger partial charge in [-0.05, 0) is 61.7 Å². The molecule has 182 valence electrons. The third-order valence-corrected chi connectivity index (χ3v) is 5.91. The van der Waals surface area contributed by atoms with Gasteiger partial charge in [-0.15, -0.1) is 0 Å². The number of esters is 1. The number of fused-ring (bicyclic) bond motifs is 3. The van der Waals surface area contributed by atoms with Crippen molar-refractivity contribution >= 4 is 33.5 Å². The highest BCUT2D eigenvalue weighted by atomic mass is 16.6. The number of carbonyl (C=O) groups is 1. The Morgan fingerprint density at radius 1 is 0.943 bits per heavy atom. The number of benzene rings is 3. The zero-order valence-corrected chi connectivity index (χ0v) is 20.6. The highest BCUT2D eigenvalue weighted by Crippen LogP contribution is 2.28. The van der Waals surface area contributed by atoms with Crippen LogP contribution in [0.15, 0.2) is 71.9 Å². The topological polar surface area (TPSA) is 62.0 Å². The summed E-state index contributed by atoms with van der Waals surface area (Å²) < 4.78 is 12.8. The maximum Gasteiger partial charge on any atom is 0.344 e. The second kappa shape index (κ2) is 11.6. The highest BCUT2D eigenvalue weighted by Gasteiger charge is 2.11. The Labute approximate surface area is 206 Å². The molecule has 3 aromatic carbocycles. The number of ether oxygens (including phenoxy) is 2. The van der Waals surface area contributed by atoms with Crippen molar-refractivity contribution in [1.29, 1.82) is 0 Å². The van der Waals surface area contributed by atoms with Crippen LogP contribution in [0.2, 0.25) is 0 Å². The van der Waals surface area contributed by atoms with E-state index >= 15 is 0 Å². The molecular formula is C29H32N2O4. The number of aromatic nitrogens is 1. The number of rotatable bonds is 11. The van der Waals surface area contributed by atoms with Crippen LogP contribution in [0.3, 0.4) is 0 Å². The van der Waals surface area contributed by atoms with Gasteiger partial charge in [0.05, 0.1) is 18.9 Å². The summed E-state index contributed by atoms with van der Waals surface area (Å²) in [5, 5.41) is 7.00. The number of para-hydroxylation sites is 2. The van der Waals surface area contributed by atoms with E-state index in [1.165, 1.54) is 21.8 Å². The monoisotopic (exact) mass is 472 g/mol. The fourth-order valence-corrected chi connectivity index (χ4v) is 4.31. The van der Waals surface area contributed by atoms with E-state index in [9.17, 15) is 4.79 Å². The molecule has 1 heterocycles. The van der Waals surface area contributed by atoms with Crippen LogP contribution in [0.4, 0.5) is 0 Å². The third-order valence-electron chi connectivity index (χ3n) is 5.91. The van der Waals surface area contributed by atoms with Crippen molar-refractivity contribution in [2.75, 3.05) is 19.8 Å². The standard InChI is InChI=1S/C29H32N2O4/c1-4-10-25(22-15-16-28(21(3)19-22)34-20-29(32)33-5-2)30-35-18-17-31-26-13-8-6-11-23(26)24-12-7-9-14-27(24)31/h6-9,11-16,19H,4-5,10,17-18,20H2,1-3H3/b30-25+. The molecule has 6 heteroatoms. The van der Waals surface area contributed by atoms with Gasteiger partial charge in [-0.1, -0.05) is 54.9 Å². The Kier molecular flexibility index (Phi) is 8.03. The number of oxime groups is 1. The van der Waals surface area contributed by atoms with Gasteiger partial charge < -0.3 is 18.9 Å². The van der Waals surface area contributed by atoms with Gasteiger partial charge in [-0.25, -0.2) is 4.79 Å². The molecule has 0 aliphatic heterocycles. The molecule has 1 aromatic heterocycles. The lowest BCUT2D eigenvalue weighted by Crippen LogP contribution is -2.15. The number of hydrogen-bond donors (Lipinski definition) is 0. The van der Waals surface area contributed by atoms with Gasteiger partial charge in [-0.3, -0.25) is 0 Å². The first-order chi connectivity index (χ1) is 17.1. The lowest BCUT2D eigenvalue weighted by atomic mass is 10.0. The quantitative estimate of drug-likeness (QED) is 0.112. The van der Waals surface area contributed by atoms with Crippen molar-refractivity contribution in [3.8, 4) is 5.75 Å². The van der Waals surface area contributed by atoms with Crippen LogP contribution in [0, 0.1) is 6.92 Å². The Bertz CT molecular complexity index is 1290. The molecular weight excluding hydrogens is 440 g/mol. The molecule has 0 spiro atoms. The first-order valence-corrected chi connectivity index (χ1v) is 12.2. The second-order valence-electron chi connectivity index (χ2n) is 8.38. The number of aryl methyl sites for hydroxylation is 1.